The first kappa shape index (κ1) is 14.5. The Labute approximate surface area is 118 Å². The van der Waals surface area contributed by atoms with Gasteiger partial charge >= 0.3 is 0 Å². The highest BCUT2D eigenvalue weighted by Crippen LogP contribution is 2.28. The molecule has 1 aliphatic heterocycles. The second-order valence-corrected chi connectivity index (χ2v) is 5.01. The molecule has 1 aromatic rings. The fourth-order valence-corrected chi connectivity index (χ4v) is 2.48. The Kier molecular flexibility index (Phi) is 4.74. The zero-order valence-corrected chi connectivity index (χ0v) is 11.8. The van der Waals surface area contributed by atoms with Gasteiger partial charge in [0, 0.05) is 20.1 Å². The number of hydrogen-bond acceptors (Lipinski definition) is 3. The van der Waals surface area contributed by atoms with E-state index >= 15 is 0 Å². The van der Waals surface area contributed by atoms with E-state index in [9.17, 15) is 9.59 Å². The fourth-order valence-electron chi connectivity index (χ4n) is 2.48. The first-order valence-corrected chi connectivity index (χ1v) is 6.74. The van der Waals surface area contributed by atoms with Crippen LogP contribution in [0.25, 0.3) is 0 Å². The summed E-state index contributed by atoms with van der Waals surface area (Å²) in [7, 11) is 1.52. The summed E-state index contributed by atoms with van der Waals surface area (Å²) in [4.78, 5) is 25.7. The van der Waals surface area contributed by atoms with Gasteiger partial charge in [0.25, 0.3) is 0 Å². The second kappa shape index (κ2) is 6.52. The van der Waals surface area contributed by atoms with Crippen molar-refractivity contribution in [3.05, 3.63) is 35.9 Å². The molecule has 1 saturated heterocycles. The normalized spacial score (nSPS) is 20.0. The van der Waals surface area contributed by atoms with Crippen LogP contribution in [0.4, 0.5) is 0 Å². The minimum Gasteiger partial charge on any atom is -0.364 e. The molecule has 1 heterocycles. The van der Waals surface area contributed by atoms with Crippen LogP contribution in [0.15, 0.2) is 30.3 Å². The van der Waals surface area contributed by atoms with Gasteiger partial charge in [-0.05, 0) is 12.5 Å². The van der Waals surface area contributed by atoms with Crippen LogP contribution in [0.3, 0.4) is 0 Å². The van der Waals surface area contributed by atoms with E-state index in [-0.39, 0.29) is 36.9 Å². The molecule has 5 heteroatoms. The fraction of sp³-hybridized carbons (Fsp3) is 0.467. The SMILES string of the molecule is COCNC(=O)C1CC(=O)N([C@@H](C)c2ccccc2)C1. The first-order chi connectivity index (χ1) is 9.63. The summed E-state index contributed by atoms with van der Waals surface area (Å²) in [5.74, 6) is -0.384. The topological polar surface area (TPSA) is 58.6 Å². The first-order valence-electron chi connectivity index (χ1n) is 6.74. The van der Waals surface area contributed by atoms with E-state index in [1.807, 2.05) is 37.3 Å². The van der Waals surface area contributed by atoms with Crippen LogP contribution in [-0.2, 0) is 14.3 Å². The zero-order chi connectivity index (χ0) is 14.5. The average molecular weight is 276 g/mol. The third-order valence-corrected chi connectivity index (χ3v) is 3.67. The molecule has 108 valence electrons. The third kappa shape index (κ3) is 3.17. The van der Waals surface area contributed by atoms with Crippen LogP contribution < -0.4 is 5.32 Å². The van der Waals surface area contributed by atoms with Crippen molar-refractivity contribution in [3.63, 3.8) is 0 Å². The highest BCUT2D eigenvalue weighted by molar-refractivity contribution is 5.89. The van der Waals surface area contributed by atoms with Crippen molar-refractivity contribution in [2.24, 2.45) is 5.92 Å². The monoisotopic (exact) mass is 276 g/mol. The number of carbonyl (C=O) groups is 2. The molecular weight excluding hydrogens is 256 g/mol. The minimum atomic E-state index is -0.288. The van der Waals surface area contributed by atoms with Crippen molar-refractivity contribution in [2.75, 3.05) is 20.4 Å². The van der Waals surface area contributed by atoms with Gasteiger partial charge in [-0.3, -0.25) is 9.59 Å². The van der Waals surface area contributed by atoms with Gasteiger partial charge < -0.3 is 15.0 Å². The van der Waals surface area contributed by atoms with E-state index in [2.05, 4.69) is 5.32 Å². The molecule has 1 N–H and O–H groups in total. The van der Waals surface area contributed by atoms with Crippen molar-refractivity contribution >= 4 is 11.8 Å². The Bertz CT molecular complexity index is 475. The van der Waals surface area contributed by atoms with Crippen molar-refractivity contribution in [1.82, 2.24) is 10.2 Å². The Morgan fingerprint density at radius 3 is 2.80 bits per heavy atom. The smallest absolute Gasteiger partial charge is 0.227 e. The highest BCUT2D eigenvalue weighted by Gasteiger charge is 2.36. The maximum absolute atomic E-state index is 12.1. The maximum atomic E-state index is 12.1. The summed E-state index contributed by atoms with van der Waals surface area (Å²) in [5.41, 5.74) is 1.08. The van der Waals surface area contributed by atoms with Crippen molar-refractivity contribution in [2.45, 2.75) is 19.4 Å². The lowest BCUT2D eigenvalue weighted by molar-refractivity contribution is -0.130. The summed E-state index contributed by atoms with van der Waals surface area (Å²) >= 11 is 0. The molecule has 2 amide bonds. The van der Waals surface area contributed by atoms with Crippen LogP contribution in [0, 0.1) is 5.92 Å². The van der Waals surface area contributed by atoms with Gasteiger partial charge in [-0.2, -0.15) is 0 Å². The summed E-state index contributed by atoms with van der Waals surface area (Å²) in [5, 5.41) is 2.65. The van der Waals surface area contributed by atoms with Gasteiger partial charge in [0.05, 0.1) is 12.0 Å². The summed E-state index contributed by atoms with van der Waals surface area (Å²) < 4.78 is 4.81. The van der Waals surface area contributed by atoms with Gasteiger partial charge in [0.1, 0.15) is 6.73 Å². The molecule has 1 aromatic carbocycles. The van der Waals surface area contributed by atoms with E-state index < -0.39 is 0 Å². The number of ether oxygens (including phenoxy) is 1. The van der Waals surface area contributed by atoms with Crippen LogP contribution in [0.2, 0.25) is 0 Å². The molecule has 0 aromatic heterocycles. The van der Waals surface area contributed by atoms with E-state index in [1.54, 1.807) is 4.90 Å². The number of amides is 2. The van der Waals surface area contributed by atoms with Crippen molar-refractivity contribution in [3.8, 4) is 0 Å². The van der Waals surface area contributed by atoms with E-state index in [4.69, 9.17) is 4.74 Å². The number of nitrogens with one attached hydrogen (secondary N) is 1. The quantitative estimate of drug-likeness (QED) is 0.825. The molecule has 0 spiro atoms. The number of hydrogen-bond donors (Lipinski definition) is 1. The molecule has 1 aliphatic rings. The Balaban J connectivity index is 2.00. The van der Waals surface area contributed by atoms with Gasteiger partial charge in [-0.15, -0.1) is 0 Å². The van der Waals surface area contributed by atoms with Gasteiger partial charge in [0.2, 0.25) is 11.8 Å². The summed E-state index contributed by atoms with van der Waals surface area (Å²) in [6.07, 6.45) is 0.271. The van der Waals surface area contributed by atoms with E-state index in [0.717, 1.165) is 5.56 Å². The number of benzene rings is 1. The summed E-state index contributed by atoms with van der Waals surface area (Å²) in [6, 6.07) is 9.84. The number of rotatable bonds is 5. The summed E-state index contributed by atoms with van der Waals surface area (Å²) in [6.45, 7) is 2.63. The molecule has 0 radical (unpaired) electrons. The molecule has 1 fully saturated rings. The molecule has 2 atom stereocenters. The molecule has 5 nitrogen and oxygen atoms in total. The molecule has 0 bridgehead atoms. The lowest BCUT2D eigenvalue weighted by Gasteiger charge is -2.25. The number of nitrogens with zero attached hydrogens (tertiary/aromatic N) is 1. The van der Waals surface area contributed by atoms with Crippen LogP contribution in [-0.4, -0.2) is 37.1 Å². The molecule has 0 aliphatic carbocycles. The predicted octanol–water partition coefficient (Wildman–Crippen LogP) is 1.32. The Morgan fingerprint density at radius 1 is 1.45 bits per heavy atom. The second-order valence-electron chi connectivity index (χ2n) is 5.01. The Hall–Kier alpha value is -1.88. The number of methoxy groups -OCH3 is 1. The van der Waals surface area contributed by atoms with Gasteiger partial charge in [-0.1, -0.05) is 30.3 Å². The third-order valence-electron chi connectivity index (χ3n) is 3.67. The lowest BCUT2D eigenvalue weighted by atomic mass is 10.1. The Morgan fingerprint density at radius 2 is 2.15 bits per heavy atom. The standard InChI is InChI=1S/C15H20N2O3/c1-11(12-6-4-3-5-7-12)17-9-13(8-14(17)18)15(19)16-10-20-2/h3-7,11,13H,8-10H2,1-2H3,(H,16,19)/t11-,13?/m0/s1. The average Bonchev–Trinajstić information content (AvgIpc) is 2.87. The zero-order valence-electron chi connectivity index (χ0n) is 11.8. The largest absolute Gasteiger partial charge is 0.364 e. The van der Waals surface area contributed by atoms with Crippen LogP contribution in [0.5, 0.6) is 0 Å². The molecule has 2 rings (SSSR count). The number of carbonyl (C=O) groups excluding carboxylic acids is 2. The van der Waals surface area contributed by atoms with Gasteiger partial charge in [0.15, 0.2) is 0 Å². The van der Waals surface area contributed by atoms with Gasteiger partial charge in [-0.25, -0.2) is 0 Å². The highest BCUT2D eigenvalue weighted by atomic mass is 16.5. The lowest BCUT2D eigenvalue weighted by Crippen LogP contribution is -2.34. The predicted molar refractivity (Wildman–Crippen MR) is 74.7 cm³/mol. The maximum Gasteiger partial charge on any atom is 0.227 e. The molecule has 20 heavy (non-hydrogen) atoms. The van der Waals surface area contributed by atoms with Crippen LogP contribution >= 0.6 is 0 Å². The minimum absolute atomic E-state index is 0.0103. The number of likely N-dealkylation sites (tertiary alicyclic amines) is 1. The molecule has 0 saturated carbocycles. The van der Waals surface area contributed by atoms with Crippen molar-refractivity contribution in [1.29, 1.82) is 0 Å². The van der Waals surface area contributed by atoms with Crippen molar-refractivity contribution < 1.29 is 14.3 Å². The molecular formula is C15H20N2O3. The van der Waals surface area contributed by atoms with Crippen LogP contribution in [0.1, 0.15) is 24.9 Å². The van der Waals surface area contributed by atoms with E-state index in [0.29, 0.717) is 6.54 Å². The molecule has 1 unspecified atom stereocenters. The van der Waals surface area contributed by atoms with E-state index in [1.165, 1.54) is 7.11 Å².